The molecule has 1 saturated carbocycles. The Morgan fingerprint density at radius 2 is 2.00 bits per heavy atom. The smallest absolute Gasteiger partial charge is 0.225 e. The average molecular weight is 326 g/mol. The number of hydrogen-bond acceptors (Lipinski definition) is 3. The Kier molecular flexibility index (Phi) is 4.97. The first-order valence-corrected chi connectivity index (χ1v) is 8.84. The van der Waals surface area contributed by atoms with Crippen molar-refractivity contribution in [3.63, 3.8) is 0 Å². The molecule has 0 spiro atoms. The van der Waals surface area contributed by atoms with Crippen LogP contribution in [0.2, 0.25) is 0 Å². The molecule has 1 aliphatic carbocycles. The summed E-state index contributed by atoms with van der Waals surface area (Å²) in [6, 6.07) is 8.30. The van der Waals surface area contributed by atoms with E-state index in [0.29, 0.717) is 18.3 Å². The molecule has 1 fully saturated rings. The fourth-order valence-electron chi connectivity index (χ4n) is 3.01. The van der Waals surface area contributed by atoms with E-state index in [0.717, 1.165) is 30.8 Å². The van der Waals surface area contributed by atoms with E-state index in [4.69, 9.17) is 0 Å². The highest BCUT2D eigenvalue weighted by Gasteiger charge is 2.36. The van der Waals surface area contributed by atoms with Crippen molar-refractivity contribution >= 4 is 5.91 Å². The first kappa shape index (κ1) is 16.7. The molecule has 5 heteroatoms. The third-order valence-electron chi connectivity index (χ3n) is 4.64. The van der Waals surface area contributed by atoms with E-state index >= 15 is 0 Å². The molecule has 128 valence electrons. The second kappa shape index (κ2) is 7.16. The second-order valence-corrected chi connectivity index (χ2v) is 6.89. The molecule has 2 aromatic rings. The van der Waals surface area contributed by atoms with Gasteiger partial charge in [0.25, 0.3) is 0 Å². The normalized spacial score (nSPS) is 15.5. The lowest BCUT2D eigenvalue weighted by atomic mass is 10.0. The maximum atomic E-state index is 12.5. The summed E-state index contributed by atoms with van der Waals surface area (Å²) in [5.41, 5.74) is 2.34. The van der Waals surface area contributed by atoms with Gasteiger partial charge < -0.3 is 5.32 Å². The molecule has 24 heavy (non-hydrogen) atoms. The number of hydrogen-bond donors (Lipinski definition) is 1. The van der Waals surface area contributed by atoms with Crippen molar-refractivity contribution in [1.82, 2.24) is 20.1 Å². The Morgan fingerprint density at radius 1 is 1.29 bits per heavy atom. The van der Waals surface area contributed by atoms with Gasteiger partial charge in [0, 0.05) is 6.54 Å². The van der Waals surface area contributed by atoms with E-state index in [9.17, 15) is 4.79 Å². The maximum Gasteiger partial charge on any atom is 0.225 e. The second-order valence-electron chi connectivity index (χ2n) is 6.89. The Hall–Kier alpha value is -2.17. The topological polar surface area (TPSA) is 59.8 Å². The van der Waals surface area contributed by atoms with E-state index in [1.807, 2.05) is 11.6 Å². The van der Waals surface area contributed by atoms with E-state index in [2.05, 4.69) is 53.5 Å². The molecule has 0 aliphatic heterocycles. The van der Waals surface area contributed by atoms with Crippen molar-refractivity contribution in [2.24, 2.45) is 5.92 Å². The summed E-state index contributed by atoms with van der Waals surface area (Å²) in [5.74, 6) is 1.93. The van der Waals surface area contributed by atoms with Crippen LogP contribution in [0.15, 0.2) is 30.6 Å². The van der Waals surface area contributed by atoms with Crippen LogP contribution in [0, 0.1) is 5.92 Å². The Bertz CT molecular complexity index is 686. The third kappa shape index (κ3) is 3.83. The molecule has 1 N–H and O–H groups in total. The van der Waals surface area contributed by atoms with E-state index in [-0.39, 0.29) is 11.9 Å². The monoisotopic (exact) mass is 326 g/mol. The van der Waals surface area contributed by atoms with Gasteiger partial charge in [-0.2, -0.15) is 5.10 Å². The Balaban J connectivity index is 1.66. The fourth-order valence-corrected chi connectivity index (χ4v) is 3.01. The van der Waals surface area contributed by atoms with Crippen LogP contribution in [-0.2, 0) is 17.8 Å². The van der Waals surface area contributed by atoms with Crippen molar-refractivity contribution < 1.29 is 4.79 Å². The van der Waals surface area contributed by atoms with Gasteiger partial charge in [0.2, 0.25) is 5.91 Å². The minimum Gasteiger partial charge on any atom is -0.346 e. The van der Waals surface area contributed by atoms with Gasteiger partial charge in [0.1, 0.15) is 12.2 Å². The molecule has 0 radical (unpaired) electrons. The van der Waals surface area contributed by atoms with E-state index in [1.54, 1.807) is 6.33 Å². The van der Waals surface area contributed by atoms with Crippen LogP contribution < -0.4 is 5.32 Å². The molecule has 1 aromatic heterocycles. The zero-order valence-corrected chi connectivity index (χ0v) is 14.7. The predicted octanol–water partition coefficient (Wildman–Crippen LogP) is 3.23. The van der Waals surface area contributed by atoms with Crippen molar-refractivity contribution in [2.45, 2.75) is 58.5 Å². The largest absolute Gasteiger partial charge is 0.346 e. The summed E-state index contributed by atoms with van der Waals surface area (Å²) in [6.45, 7) is 7.16. The number of carbonyl (C=O) groups is 1. The standard InChI is InChI=1S/C19H26N4O/c1-4-23-19(20-12-21-23)18(16-9-10-16)22-17(24)11-14-5-7-15(8-6-14)13(2)3/h5-8,12-13,16,18H,4,9-11H2,1-3H3,(H,22,24). The van der Waals surface area contributed by atoms with Crippen molar-refractivity contribution in [2.75, 3.05) is 0 Å². The summed E-state index contributed by atoms with van der Waals surface area (Å²) >= 11 is 0. The molecule has 1 atom stereocenters. The minimum atomic E-state index is -0.0186. The van der Waals surface area contributed by atoms with Crippen LogP contribution in [0.3, 0.4) is 0 Å². The molecule has 1 heterocycles. The molecule has 1 aliphatic rings. The Labute approximate surface area is 143 Å². The molecular formula is C19H26N4O. The van der Waals surface area contributed by atoms with Gasteiger partial charge in [-0.3, -0.25) is 4.79 Å². The highest BCUT2D eigenvalue weighted by Crippen LogP contribution is 2.40. The summed E-state index contributed by atoms with van der Waals surface area (Å²) in [5, 5.41) is 7.42. The molecule has 1 aromatic carbocycles. The average Bonchev–Trinajstić information content (AvgIpc) is 3.30. The Morgan fingerprint density at radius 3 is 2.58 bits per heavy atom. The van der Waals surface area contributed by atoms with Gasteiger partial charge >= 0.3 is 0 Å². The van der Waals surface area contributed by atoms with E-state index < -0.39 is 0 Å². The zero-order chi connectivity index (χ0) is 17.1. The highest BCUT2D eigenvalue weighted by molar-refractivity contribution is 5.79. The molecule has 1 unspecified atom stereocenters. The molecule has 0 bridgehead atoms. The number of benzene rings is 1. The molecule has 3 rings (SSSR count). The molecule has 5 nitrogen and oxygen atoms in total. The van der Waals surface area contributed by atoms with Crippen LogP contribution in [0.4, 0.5) is 0 Å². The number of rotatable bonds is 7. The van der Waals surface area contributed by atoms with Crippen LogP contribution in [-0.4, -0.2) is 20.7 Å². The van der Waals surface area contributed by atoms with Gasteiger partial charge in [-0.25, -0.2) is 9.67 Å². The van der Waals surface area contributed by atoms with Crippen molar-refractivity contribution in [1.29, 1.82) is 0 Å². The number of nitrogens with one attached hydrogen (secondary N) is 1. The highest BCUT2D eigenvalue weighted by atomic mass is 16.1. The maximum absolute atomic E-state index is 12.5. The van der Waals surface area contributed by atoms with Crippen LogP contribution in [0.1, 0.15) is 62.5 Å². The molecule has 1 amide bonds. The zero-order valence-electron chi connectivity index (χ0n) is 14.7. The summed E-state index contributed by atoms with van der Waals surface area (Å²) in [6.07, 6.45) is 4.27. The molecular weight excluding hydrogens is 300 g/mol. The third-order valence-corrected chi connectivity index (χ3v) is 4.64. The van der Waals surface area contributed by atoms with Crippen LogP contribution in [0.5, 0.6) is 0 Å². The summed E-state index contributed by atoms with van der Waals surface area (Å²) < 4.78 is 1.88. The first-order valence-electron chi connectivity index (χ1n) is 8.84. The van der Waals surface area contributed by atoms with Gasteiger partial charge in [-0.05, 0) is 42.7 Å². The molecule has 0 saturated heterocycles. The lowest BCUT2D eigenvalue weighted by Gasteiger charge is -2.18. The van der Waals surface area contributed by atoms with Gasteiger partial charge in [0.05, 0.1) is 12.5 Å². The summed E-state index contributed by atoms with van der Waals surface area (Å²) in [7, 11) is 0. The SMILES string of the molecule is CCn1ncnc1C(NC(=O)Cc1ccc(C(C)C)cc1)C1CC1. The van der Waals surface area contributed by atoms with Gasteiger partial charge in [-0.1, -0.05) is 38.1 Å². The fraction of sp³-hybridized carbons (Fsp3) is 0.526. The minimum absolute atomic E-state index is 0.0186. The van der Waals surface area contributed by atoms with Gasteiger partial charge in [0.15, 0.2) is 0 Å². The quantitative estimate of drug-likeness (QED) is 0.850. The number of amides is 1. The number of aryl methyl sites for hydroxylation is 1. The lowest BCUT2D eigenvalue weighted by molar-refractivity contribution is -0.121. The lowest BCUT2D eigenvalue weighted by Crippen LogP contribution is -2.33. The van der Waals surface area contributed by atoms with E-state index in [1.165, 1.54) is 5.56 Å². The number of aromatic nitrogens is 3. The van der Waals surface area contributed by atoms with Gasteiger partial charge in [-0.15, -0.1) is 0 Å². The predicted molar refractivity (Wildman–Crippen MR) is 93.5 cm³/mol. The number of nitrogens with zero attached hydrogens (tertiary/aromatic N) is 3. The van der Waals surface area contributed by atoms with Crippen LogP contribution in [0.25, 0.3) is 0 Å². The van der Waals surface area contributed by atoms with Crippen LogP contribution >= 0.6 is 0 Å². The van der Waals surface area contributed by atoms with Crippen molar-refractivity contribution in [3.8, 4) is 0 Å². The first-order chi connectivity index (χ1) is 11.6. The summed E-state index contributed by atoms with van der Waals surface area (Å²) in [4.78, 5) is 16.9. The van der Waals surface area contributed by atoms with Crippen molar-refractivity contribution in [3.05, 3.63) is 47.5 Å². The number of carbonyl (C=O) groups excluding carboxylic acids is 1.